The van der Waals surface area contributed by atoms with Crippen molar-refractivity contribution in [3.05, 3.63) is 0 Å². The number of carbonyl (C=O) groups is 2. The Bertz CT molecular complexity index is 473. The standard InChI is InChI=1S/C18H34N4O3/c1-5-9-22-12-8-19-13-18(22)6-10-21(11-7-18)17(25)20(4)15(14(2)3)16(23)24/h14-15,19H,5-13H2,1-4H3,(H,23,24)/t15-/m0/s1. The maximum Gasteiger partial charge on any atom is 0.326 e. The summed E-state index contributed by atoms with van der Waals surface area (Å²) >= 11 is 0. The van der Waals surface area contributed by atoms with Gasteiger partial charge in [0.1, 0.15) is 6.04 Å². The van der Waals surface area contributed by atoms with Crippen LogP contribution < -0.4 is 5.32 Å². The predicted octanol–water partition coefficient (Wildman–Crippen LogP) is 1.30. The van der Waals surface area contributed by atoms with Crippen molar-refractivity contribution in [1.29, 1.82) is 0 Å². The number of hydrogen-bond acceptors (Lipinski definition) is 4. The minimum Gasteiger partial charge on any atom is -0.480 e. The second-order valence-corrected chi connectivity index (χ2v) is 7.80. The molecule has 2 N–H and O–H groups in total. The lowest BCUT2D eigenvalue weighted by Gasteiger charge is -2.52. The summed E-state index contributed by atoms with van der Waals surface area (Å²) in [5.41, 5.74) is 0.147. The fraction of sp³-hybridized carbons (Fsp3) is 0.889. The highest BCUT2D eigenvalue weighted by Crippen LogP contribution is 2.31. The summed E-state index contributed by atoms with van der Waals surface area (Å²) in [6.45, 7) is 11.4. The summed E-state index contributed by atoms with van der Waals surface area (Å²) in [5, 5.41) is 12.9. The molecule has 2 amide bonds. The molecule has 0 saturated carbocycles. The number of piperidine rings is 1. The monoisotopic (exact) mass is 354 g/mol. The number of hydrogen-bond donors (Lipinski definition) is 2. The van der Waals surface area contributed by atoms with Crippen LogP contribution in [0.4, 0.5) is 4.79 Å². The van der Waals surface area contributed by atoms with Crippen LogP contribution in [0, 0.1) is 5.92 Å². The summed E-state index contributed by atoms with van der Waals surface area (Å²) < 4.78 is 0. The number of rotatable bonds is 5. The van der Waals surface area contributed by atoms with Gasteiger partial charge in [0.25, 0.3) is 0 Å². The molecule has 0 aliphatic carbocycles. The number of nitrogens with zero attached hydrogens (tertiary/aromatic N) is 3. The van der Waals surface area contributed by atoms with Gasteiger partial charge in [0.2, 0.25) is 0 Å². The van der Waals surface area contributed by atoms with Crippen LogP contribution in [0.2, 0.25) is 0 Å². The molecule has 2 fully saturated rings. The van der Waals surface area contributed by atoms with Crippen LogP contribution in [0.15, 0.2) is 0 Å². The van der Waals surface area contributed by atoms with E-state index in [9.17, 15) is 14.7 Å². The normalized spacial score (nSPS) is 22.2. The second-order valence-electron chi connectivity index (χ2n) is 7.80. The molecule has 0 unspecified atom stereocenters. The smallest absolute Gasteiger partial charge is 0.326 e. The number of likely N-dealkylation sites (N-methyl/N-ethyl adjacent to an activating group) is 1. The summed E-state index contributed by atoms with van der Waals surface area (Å²) in [4.78, 5) is 30.1. The SMILES string of the molecule is CCCN1CCNCC12CCN(C(=O)N(C)[C@H](C(=O)O)C(C)C)CC2. The molecule has 7 heteroatoms. The van der Waals surface area contributed by atoms with Gasteiger partial charge in [0, 0.05) is 45.3 Å². The fourth-order valence-corrected chi connectivity index (χ4v) is 4.35. The first-order chi connectivity index (χ1) is 11.8. The van der Waals surface area contributed by atoms with E-state index in [2.05, 4.69) is 17.1 Å². The van der Waals surface area contributed by atoms with Crippen molar-refractivity contribution >= 4 is 12.0 Å². The van der Waals surface area contributed by atoms with Gasteiger partial charge in [-0.1, -0.05) is 20.8 Å². The number of amides is 2. The van der Waals surface area contributed by atoms with E-state index in [1.165, 1.54) is 4.90 Å². The van der Waals surface area contributed by atoms with Crippen molar-refractivity contribution in [2.45, 2.75) is 51.6 Å². The molecule has 2 aliphatic rings. The van der Waals surface area contributed by atoms with E-state index in [-0.39, 0.29) is 17.5 Å². The Morgan fingerprint density at radius 3 is 2.40 bits per heavy atom. The summed E-state index contributed by atoms with van der Waals surface area (Å²) in [7, 11) is 1.61. The third-order valence-electron chi connectivity index (χ3n) is 5.75. The van der Waals surface area contributed by atoms with E-state index in [0.29, 0.717) is 13.1 Å². The lowest BCUT2D eigenvalue weighted by Crippen LogP contribution is -2.66. The Labute approximate surface area is 151 Å². The molecule has 0 bridgehead atoms. The van der Waals surface area contributed by atoms with Crippen LogP contribution in [0.1, 0.15) is 40.0 Å². The number of aliphatic carboxylic acids is 1. The molecule has 1 spiro atoms. The molecule has 0 aromatic rings. The largest absolute Gasteiger partial charge is 0.480 e. The molecule has 0 radical (unpaired) electrons. The van der Waals surface area contributed by atoms with Gasteiger partial charge in [-0.3, -0.25) is 4.90 Å². The predicted molar refractivity (Wildman–Crippen MR) is 97.7 cm³/mol. The maximum atomic E-state index is 12.8. The lowest BCUT2D eigenvalue weighted by molar-refractivity contribution is -0.143. The van der Waals surface area contributed by atoms with E-state index >= 15 is 0 Å². The Morgan fingerprint density at radius 1 is 1.24 bits per heavy atom. The molecule has 2 rings (SSSR count). The Hall–Kier alpha value is -1.34. The van der Waals surface area contributed by atoms with Gasteiger partial charge < -0.3 is 20.2 Å². The van der Waals surface area contributed by atoms with E-state index in [4.69, 9.17) is 0 Å². The van der Waals surface area contributed by atoms with Crippen LogP contribution in [-0.4, -0.2) is 89.7 Å². The van der Waals surface area contributed by atoms with Crippen LogP contribution in [0.25, 0.3) is 0 Å². The molecule has 144 valence electrons. The van der Waals surface area contributed by atoms with Crippen molar-refractivity contribution in [2.75, 3.05) is 46.3 Å². The first-order valence-corrected chi connectivity index (χ1v) is 9.52. The summed E-state index contributed by atoms with van der Waals surface area (Å²) in [6.07, 6.45) is 3.03. The van der Waals surface area contributed by atoms with Gasteiger partial charge in [-0.25, -0.2) is 9.59 Å². The van der Waals surface area contributed by atoms with Crippen LogP contribution in [-0.2, 0) is 4.79 Å². The number of likely N-dealkylation sites (tertiary alicyclic amines) is 1. The molecule has 25 heavy (non-hydrogen) atoms. The van der Waals surface area contributed by atoms with Gasteiger partial charge in [-0.05, 0) is 31.7 Å². The lowest BCUT2D eigenvalue weighted by atomic mass is 9.84. The molecule has 0 aromatic carbocycles. The molecule has 2 heterocycles. The van der Waals surface area contributed by atoms with Crippen molar-refractivity contribution in [2.24, 2.45) is 5.92 Å². The van der Waals surface area contributed by atoms with Gasteiger partial charge in [-0.2, -0.15) is 0 Å². The van der Waals surface area contributed by atoms with E-state index < -0.39 is 12.0 Å². The molecule has 1 atom stereocenters. The number of urea groups is 1. The average molecular weight is 354 g/mol. The summed E-state index contributed by atoms with van der Waals surface area (Å²) in [5.74, 6) is -1.06. The molecule has 2 saturated heterocycles. The Balaban J connectivity index is 2.00. The minimum atomic E-state index is -0.940. The Kier molecular flexibility index (Phi) is 6.68. The molecule has 0 aromatic heterocycles. The quantitative estimate of drug-likeness (QED) is 0.778. The zero-order valence-electron chi connectivity index (χ0n) is 16.1. The Morgan fingerprint density at radius 2 is 1.88 bits per heavy atom. The zero-order valence-corrected chi connectivity index (χ0v) is 16.1. The topological polar surface area (TPSA) is 76.1 Å². The third-order valence-corrected chi connectivity index (χ3v) is 5.75. The van der Waals surface area contributed by atoms with E-state index in [0.717, 1.165) is 45.4 Å². The highest BCUT2D eigenvalue weighted by atomic mass is 16.4. The first-order valence-electron chi connectivity index (χ1n) is 9.52. The molecular weight excluding hydrogens is 320 g/mol. The average Bonchev–Trinajstić information content (AvgIpc) is 2.56. The summed E-state index contributed by atoms with van der Waals surface area (Å²) in [6, 6.07) is -0.946. The van der Waals surface area contributed by atoms with E-state index in [1.54, 1.807) is 7.05 Å². The minimum absolute atomic E-state index is 0.120. The number of piperazine rings is 1. The second kappa shape index (κ2) is 8.36. The van der Waals surface area contributed by atoms with Crippen molar-refractivity contribution in [3.8, 4) is 0 Å². The highest BCUT2D eigenvalue weighted by Gasteiger charge is 2.43. The zero-order chi connectivity index (χ0) is 18.6. The third kappa shape index (κ3) is 4.26. The van der Waals surface area contributed by atoms with Gasteiger partial charge in [-0.15, -0.1) is 0 Å². The van der Waals surface area contributed by atoms with Crippen LogP contribution in [0.5, 0.6) is 0 Å². The number of carbonyl (C=O) groups excluding carboxylic acids is 1. The molecule has 2 aliphatic heterocycles. The van der Waals surface area contributed by atoms with Gasteiger partial charge >= 0.3 is 12.0 Å². The fourth-order valence-electron chi connectivity index (χ4n) is 4.35. The maximum absolute atomic E-state index is 12.8. The van der Waals surface area contributed by atoms with Crippen molar-refractivity contribution in [3.63, 3.8) is 0 Å². The van der Waals surface area contributed by atoms with Crippen LogP contribution in [0.3, 0.4) is 0 Å². The first kappa shape index (κ1) is 20.0. The molecular formula is C18H34N4O3. The van der Waals surface area contributed by atoms with E-state index in [1.807, 2.05) is 18.7 Å². The van der Waals surface area contributed by atoms with Crippen molar-refractivity contribution < 1.29 is 14.7 Å². The van der Waals surface area contributed by atoms with Gasteiger partial charge in [0.15, 0.2) is 0 Å². The number of carboxylic acid groups (broad SMARTS) is 1. The molecule has 7 nitrogen and oxygen atoms in total. The number of nitrogens with one attached hydrogen (secondary N) is 1. The van der Waals surface area contributed by atoms with Gasteiger partial charge in [0.05, 0.1) is 0 Å². The highest BCUT2D eigenvalue weighted by molar-refractivity contribution is 5.82. The van der Waals surface area contributed by atoms with Crippen LogP contribution >= 0.6 is 0 Å². The van der Waals surface area contributed by atoms with Crippen molar-refractivity contribution in [1.82, 2.24) is 20.0 Å². The number of carboxylic acids is 1.